The molecule has 2 N–H and O–H groups in total. The Hall–Kier alpha value is -1.10. The van der Waals surface area contributed by atoms with Crippen molar-refractivity contribution in [2.24, 2.45) is 5.92 Å². The van der Waals surface area contributed by atoms with E-state index in [2.05, 4.69) is 5.32 Å². The summed E-state index contributed by atoms with van der Waals surface area (Å²) in [5, 5.41) is 12.5. The zero-order valence-electron chi connectivity index (χ0n) is 11.4. The summed E-state index contributed by atoms with van der Waals surface area (Å²) in [6, 6.07) is -0.589. The van der Waals surface area contributed by atoms with E-state index in [9.17, 15) is 14.7 Å². The van der Waals surface area contributed by atoms with Crippen LogP contribution in [0.2, 0.25) is 0 Å². The van der Waals surface area contributed by atoms with Crippen LogP contribution in [0.3, 0.4) is 0 Å². The van der Waals surface area contributed by atoms with Crippen LogP contribution in [0.25, 0.3) is 0 Å². The first-order chi connectivity index (χ1) is 9.18. The third-order valence-electron chi connectivity index (χ3n) is 4.33. The fourth-order valence-corrected chi connectivity index (χ4v) is 3.13. The zero-order valence-corrected chi connectivity index (χ0v) is 11.4. The van der Waals surface area contributed by atoms with Crippen LogP contribution in [0.4, 0.5) is 0 Å². The highest BCUT2D eigenvalue weighted by Gasteiger charge is 2.31. The molecule has 0 aromatic heterocycles. The molecule has 5 heteroatoms. The topological polar surface area (TPSA) is 69.6 Å². The lowest BCUT2D eigenvalue weighted by Crippen LogP contribution is -2.48. The van der Waals surface area contributed by atoms with E-state index < -0.39 is 12.0 Å². The molecule has 0 aliphatic carbocycles. The number of aliphatic carboxylic acids is 1. The highest BCUT2D eigenvalue weighted by Crippen LogP contribution is 2.22. The summed E-state index contributed by atoms with van der Waals surface area (Å²) in [6.45, 7) is 2.70. The number of hydrogen-bond donors (Lipinski definition) is 2. The summed E-state index contributed by atoms with van der Waals surface area (Å²) in [7, 11) is 0. The zero-order chi connectivity index (χ0) is 13.7. The monoisotopic (exact) mass is 268 g/mol. The first kappa shape index (κ1) is 14.3. The van der Waals surface area contributed by atoms with Crippen molar-refractivity contribution in [2.45, 2.75) is 51.0 Å². The van der Waals surface area contributed by atoms with Crippen molar-refractivity contribution >= 4 is 11.9 Å². The Kier molecular flexibility index (Phi) is 5.19. The molecule has 5 nitrogen and oxygen atoms in total. The normalized spacial score (nSPS) is 25.3. The number of carbonyl (C=O) groups is 2. The van der Waals surface area contributed by atoms with Crippen molar-refractivity contribution in [3.8, 4) is 0 Å². The van der Waals surface area contributed by atoms with E-state index in [0.29, 0.717) is 25.3 Å². The quantitative estimate of drug-likeness (QED) is 0.804. The van der Waals surface area contributed by atoms with Gasteiger partial charge in [0.25, 0.3) is 0 Å². The fraction of sp³-hybridized carbons (Fsp3) is 0.857. The Balaban J connectivity index is 1.81. The number of hydrogen-bond acceptors (Lipinski definition) is 3. The Morgan fingerprint density at radius 1 is 1.16 bits per heavy atom. The van der Waals surface area contributed by atoms with Crippen LogP contribution >= 0.6 is 0 Å². The van der Waals surface area contributed by atoms with Gasteiger partial charge in [-0.1, -0.05) is 0 Å². The van der Waals surface area contributed by atoms with Gasteiger partial charge in [0.15, 0.2) is 0 Å². The second-order valence-electron chi connectivity index (χ2n) is 5.67. The minimum Gasteiger partial charge on any atom is -0.480 e. The van der Waals surface area contributed by atoms with Crippen molar-refractivity contribution in [3.63, 3.8) is 0 Å². The molecule has 0 unspecified atom stereocenters. The minimum absolute atomic E-state index is 0.0330. The summed E-state index contributed by atoms with van der Waals surface area (Å²) in [4.78, 5) is 25.0. The molecular weight excluding hydrogens is 244 g/mol. The average Bonchev–Trinajstić information content (AvgIpc) is 2.46. The van der Waals surface area contributed by atoms with E-state index in [1.54, 1.807) is 4.90 Å². The number of carbonyl (C=O) groups excluding carboxylic acids is 1. The van der Waals surface area contributed by atoms with E-state index in [-0.39, 0.29) is 5.91 Å². The number of carboxylic acid groups (broad SMARTS) is 1. The molecule has 0 aromatic rings. The summed E-state index contributed by atoms with van der Waals surface area (Å²) in [5.41, 5.74) is 0. The molecule has 2 fully saturated rings. The van der Waals surface area contributed by atoms with Crippen LogP contribution in [0.1, 0.15) is 44.9 Å². The molecule has 0 bridgehead atoms. The van der Waals surface area contributed by atoms with Gasteiger partial charge in [0.05, 0.1) is 0 Å². The number of nitrogens with zero attached hydrogens (tertiary/aromatic N) is 1. The maximum atomic E-state index is 12.2. The van der Waals surface area contributed by atoms with Crippen LogP contribution < -0.4 is 5.32 Å². The van der Waals surface area contributed by atoms with Gasteiger partial charge in [0.2, 0.25) is 5.91 Å². The number of carboxylic acids is 1. The molecule has 2 saturated heterocycles. The molecule has 0 radical (unpaired) electrons. The highest BCUT2D eigenvalue weighted by molar-refractivity contribution is 5.83. The third-order valence-corrected chi connectivity index (χ3v) is 4.33. The van der Waals surface area contributed by atoms with Crippen molar-refractivity contribution in [3.05, 3.63) is 0 Å². The second kappa shape index (κ2) is 6.89. The van der Waals surface area contributed by atoms with Crippen LogP contribution in [0, 0.1) is 5.92 Å². The lowest BCUT2D eigenvalue weighted by atomic mass is 9.92. The Morgan fingerprint density at radius 3 is 2.58 bits per heavy atom. The van der Waals surface area contributed by atoms with Gasteiger partial charge < -0.3 is 15.3 Å². The average molecular weight is 268 g/mol. The molecule has 1 atom stereocenters. The summed E-state index contributed by atoms with van der Waals surface area (Å²) in [6.07, 6.45) is 6.13. The largest absolute Gasteiger partial charge is 0.480 e. The summed E-state index contributed by atoms with van der Waals surface area (Å²) in [5.74, 6) is -0.196. The van der Waals surface area contributed by atoms with Crippen LogP contribution in [0.5, 0.6) is 0 Å². The third kappa shape index (κ3) is 3.93. The Bertz CT molecular complexity index is 327. The van der Waals surface area contributed by atoms with Gasteiger partial charge in [-0.3, -0.25) is 4.79 Å². The van der Waals surface area contributed by atoms with Gasteiger partial charge in [-0.15, -0.1) is 0 Å². The van der Waals surface area contributed by atoms with Gasteiger partial charge in [0, 0.05) is 13.0 Å². The van der Waals surface area contributed by atoms with E-state index in [4.69, 9.17) is 0 Å². The van der Waals surface area contributed by atoms with Crippen LogP contribution in [-0.2, 0) is 9.59 Å². The van der Waals surface area contributed by atoms with Gasteiger partial charge in [0.1, 0.15) is 6.04 Å². The van der Waals surface area contributed by atoms with Gasteiger partial charge in [-0.05, 0) is 57.5 Å². The molecule has 108 valence electrons. The van der Waals surface area contributed by atoms with E-state index in [1.807, 2.05) is 0 Å². The molecule has 19 heavy (non-hydrogen) atoms. The highest BCUT2D eigenvalue weighted by atomic mass is 16.4. The standard InChI is InChI=1S/C14H24N2O3/c17-13(5-4-11-6-8-15-9-7-11)16-10-2-1-3-12(16)14(18)19/h11-12,15H,1-10H2,(H,18,19)/t12-/m0/s1. The summed E-state index contributed by atoms with van der Waals surface area (Å²) < 4.78 is 0. The van der Waals surface area contributed by atoms with Gasteiger partial charge >= 0.3 is 5.97 Å². The number of piperidine rings is 2. The Morgan fingerprint density at radius 2 is 1.89 bits per heavy atom. The number of likely N-dealkylation sites (tertiary alicyclic amines) is 1. The van der Waals surface area contributed by atoms with Crippen molar-refractivity contribution < 1.29 is 14.7 Å². The molecule has 2 aliphatic rings. The molecule has 2 heterocycles. The first-order valence-electron chi connectivity index (χ1n) is 7.41. The molecule has 1 amide bonds. The predicted molar refractivity (Wildman–Crippen MR) is 71.8 cm³/mol. The summed E-state index contributed by atoms with van der Waals surface area (Å²) >= 11 is 0. The first-order valence-corrected chi connectivity index (χ1v) is 7.41. The SMILES string of the molecule is O=C(O)[C@@H]1CCCCN1C(=O)CCC1CCNCC1. The molecule has 0 aromatic carbocycles. The van der Waals surface area contributed by atoms with E-state index >= 15 is 0 Å². The molecule has 2 rings (SSSR count). The molecule has 2 aliphatic heterocycles. The number of rotatable bonds is 4. The maximum absolute atomic E-state index is 12.2. The smallest absolute Gasteiger partial charge is 0.326 e. The van der Waals surface area contributed by atoms with Crippen molar-refractivity contribution in [2.75, 3.05) is 19.6 Å². The molecule has 0 spiro atoms. The number of amides is 1. The molecule has 0 saturated carbocycles. The molecular formula is C14H24N2O3. The number of nitrogens with one attached hydrogen (secondary N) is 1. The van der Waals surface area contributed by atoms with Gasteiger partial charge in [-0.25, -0.2) is 4.79 Å². The lowest BCUT2D eigenvalue weighted by Gasteiger charge is -2.33. The van der Waals surface area contributed by atoms with E-state index in [0.717, 1.165) is 45.2 Å². The van der Waals surface area contributed by atoms with Crippen LogP contribution in [0.15, 0.2) is 0 Å². The van der Waals surface area contributed by atoms with Crippen molar-refractivity contribution in [1.82, 2.24) is 10.2 Å². The predicted octanol–water partition coefficient (Wildman–Crippen LogP) is 1.23. The van der Waals surface area contributed by atoms with E-state index in [1.165, 1.54) is 0 Å². The fourth-order valence-electron chi connectivity index (χ4n) is 3.13. The lowest BCUT2D eigenvalue weighted by molar-refractivity contribution is -0.152. The second-order valence-corrected chi connectivity index (χ2v) is 5.67. The minimum atomic E-state index is -0.852. The van der Waals surface area contributed by atoms with Crippen LogP contribution in [-0.4, -0.2) is 47.6 Å². The maximum Gasteiger partial charge on any atom is 0.326 e. The van der Waals surface area contributed by atoms with Crippen molar-refractivity contribution in [1.29, 1.82) is 0 Å². The Labute approximate surface area is 114 Å². The van der Waals surface area contributed by atoms with Gasteiger partial charge in [-0.2, -0.15) is 0 Å².